The van der Waals surface area contributed by atoms with E-state index < -0.39 is 0 Å². The third-order valence-corrected chi connectivity index (χ3v) is 4.09. The van der Waals surface area contributed by atoms with Crippen LogP contribution in [0, 0.1) is 6.92 Å². The van der Waals surface area contributed by atoms with E-state index in [4.69, 9.17) is 0 Å². The van der Waals surface area contributed by atoms with Crippen LogP contribution < -0.4 is 5.32 Å². The second-order valence-corrected chi connectivity index (χ2v) is 6.24. The molecule has 1 saturated carbocycles. The Morgan fingerprint density at radius 2 is 1.85 bits per heavy atom. The van der Waals surface area contributed by atoms with Crippen molar-refractivity contribution in [2.45, 2.75) is 25.7 Å². The molecule has 0 aliphatic heterocycles. The zero-order chi connectivity index (χ0) is 14.1. The number of amides is 1. The summed E-state index contributed by atoms with van der Waals surface area (Å²) in [5, 5.41) is 3.04. The largest absolute Gasteiger partial charge is 0.322 e. The number of carbonyl (C=O) groups excluding carboxylic acids is 1. The van der Waals surface area contributed by atoms with Gasteiger partial charge in [-0.05, 0) is 55.5 Å². The summed E-state index contributed by atoms with van der Waals surface area (Å²) in [5.74, 6) is 0.557. The fourth-order valence-corrected chi connectivity index (χ4v) is 2.65. The van der Waals surface area contributed by atoms with E-state index in [2.05, 4.69) is 27.3 Å². The van der Waals surface area contributed by atoms with E-state index in [9.17, 15) is 4.79 Å². The quantitative estimate of drug-likeness (QED) is 0.853. The van der Waals surface area contributed by atoms with Crippen molar-refractivity contribution in [1.82, 2.24) is 0 Å². The lowest BCUT2D eigenvalue weighted by Gasteiger charge is -2.11. The molecule has 2 aromatic carbocycles. The molecule has 1 aliphatic carbocycles. The van der Waals surface area contributed by atoms with Gasteiger partial charge in [-0.2, -0.15) is 0 Å². The van der Waals surface area contributed by atoms with Crippen LogP contribution in [0.4, 0.5) is 5.69 Å². The highest BCUT2D eigenvalue weighted by Crippen LogP contribution is 2.44. The first-order valence-corrected chi connectivity index (χ1v) is 7.60. The van der Waals surface area contributed by atoms with Gasteiger partial charge >= 0.3 is 0 Å². The molecule has 0 spiro atoms. The number of nitrogens with one attached hydrogen (secondary N) is 1. The maximum atomic E-state index is 12.3. The smallest absolute Gasteiger partial charge is 0.255 e. The molecule has 3 heteroatoms. The average molecular weight is 330 g/mol. The van der Waals surface area contributed by atoms with Crippen molar-refractivity contribution in [1.29, 1.82) is 0 Å². The first-order valence-electron chi connectivity index (χ1n) is 6.81. The van der Waals surface area contributed by atoms with Gasteiger partial charge in [0.15, 0.2) is 0 Å². The molecule has 0 bridgehead atoms. The highest BCUT2D eigenvalue weighted by atomic mass is 79.9. The summed E-state index contributed by atoms with van der Waals surface area (Å²) in [7, 11) is 0. The Kier molecular flexibility index (Phi) is 3.62. The van der Waals surface area contributed by atoms with E-state index in [1.54, 1.807) is 0 Å². The third-order valence-electron chi connectivity index (χ3n) is 3.59. The number of hydrogen-bond acceptors (Lipinski definition) is 1. The highest BCUT2D eigenvalue weighted by molar-refractivity contribution is 9.10. The predicted octanol–water partition coefficient (Wildman–Crippen LogP) is 4.89. The topological polar surface area (TPSA) is 29.1 Å². The Labute approximate surface area is 127 Å². The van der Waals surface area contributed by atoms with Crippen molar-refractivity contribution >= 4 is 27.5 Å². The standard InChI is InChI=1S/C17H16BrNO/c1-11-2-4-13(5-3-11)17(20)19-16-10-14(18)8-9-15(16)12-6-7-12/h2-5,8-10,12H,6-7H2,1H3,(H,19,20). The van der Waals surface area contributed by atoms with Crippen molar-refractivity contribution in [2.75, 3.05) is 5.32 Å². The number of anilines is 1. The van der Waals surface area contributed by atoms with Gasteiger partial charge in [-0.25, -0.2) is 0 Å². The molecule has 0 saturated heterocycles. The summed E-state index contributed by atoms with van der Waals surface area (Å²) >= 11 is 3.47. The molecule has 1 aliphatic rings. The first kappa shape index (κ1) is 13.4. The molecule has 20 heavy (non-hydrogen) atoms. The first-order chi connectivity index (χ1) is 9.63. The van der Waals surface area contributed by atoms with Gasteiger partial charge in [0.05, 0.1) is 0 Å². The molecule has 1 fully saturated rings. The summed E-state index contributed by atoms with van der Waals surface area (Å²) in [4.78, 5) is 12.3. The molecular weight excluding hydrogens is 314 g/mol. The van der Waals surface area contributed by atoms with Crippen LogP contribution in [0.1, 0.15) is 40.2 Å². The Bertz CT molecular complexity index is 645. The number of hydrogen-bond donors (Lipinski definition) is 1. The lowest BCUT2D eigenvalue weighted by atomic mass is 10.1. The summed E-state index contributed by atoms with van der Waals surface area (Å²) < 4.78 is 0.987. The molecule has 0 radical (unpaired) electrons. The molecular formula is C17H16BrNO. The van der Waals surface area contributed by atoms with Gasteiger partial charge in [0, 0.05) is 15.7 Å². The van der Waals surface area contributed by atoms with Crippen LogP contribution in [0.2, 0.25) is 0 Å². The molecule has 0 atom stereocenters. The van der Waals surface area contributed by atoms with Gasteiger partial charge in [0.25, 0.3) is 5.91 Å². The van der Waals surface area contributed by atoms with Gasteiger partial charge in [0.2, 0.25) is 0 Å². The molecule has 2 aromatic rings. The Balaban J connectivity index is 1.85. The second-order valence-electron chi connectivity index (χ2n) is 5.33. The van der Waals surface area contributed by atoms with Crippen LogP contribution in [0.3, 0.4) is 0 Å². The van der Waals surface area contributed by atoms with E-state index in [0.717, 1.165) is 15.7 Å². The van der Waals surface area contributed by atoms with E-state index in [1.807, 2.05) is 43.3 Å². The van der Waals surface area contributed by atoms with Crippen molar-refractivity contribution in [3.05, 3.63) is 63.6 Å². The zero-order valence-corrected chi connectivity index (χ0v) is 12.9. The summed E-state index contributed by atoms with van der Waals surface area (Å²) in [6, 6.07) is 13.8. The summed E-state index contributed by atoms with van der Waals surface area (Å²) in [6.07, 6.45) is 2.43. The minimum Gasteiger partial charge on any atom is -0.322 e. The van der Waals surface area contributed by atoms with Crippen molar-refractivity contribution in [2.24, 2.45) is 0 Å². The monoisotopic (exact) mass is 329 g/mol. The van der Waals surface area contributed by atoms with Crippen LogP contribution in [-0.4, -0.2) is 5.91 Å². The molecule has 1 amide bonds. The molecule has 2 nitrogen and oxygen atoms in total. The van der Waals surface area contributed by atoms with Crippen molar-refractivity contribution in [3.8, 4) is 0 Å². The SMILES string of the molecule is Cc1ccc(C(=O)Nc2cc(Br)ccc2C2CC2)cc1. The lowest BCUT2D eigenvalue weighted by Crippen LogP contribution is -2.13. The number of aryl methyl sites for hydroxylation is 1. The van der Waals surface area contributed by atoms with E-state index in [1.165, 1.54) is 18.4 Å². The highest BCUT2D eigenvalue weighted by Gasteiger charge is 2.26. The van der Waals surface area contributed by atoms with Crippen LogP contribution in [0.15, 0.2) is 46.9 Å². The predicted molar refractivity (Wildman–Crippen MR) is 85.2 cm³/mol. The molecule has 1 N–H and O–H groups in total. The van der Waals surface area contributed by atoms with Crippen LogP contribution in [0.25, 0.3) is 0 Å². The van der Waals surface area contributed by atoms with E-state index in [0.29, 0.717) is 11.5 Å². The Morgan fingerprint density at radius 1 is 1.15 bits per heavy atom. The molecule has 0 heterocycles. The number of carbonyl (C=O) groups is 1. The van der Waals surface area contributed by atoms with E-state index >= 15 is 0 Å². The van der Waals surface area contributed by atoms with Gasteiger partial charge < -0.3 is 5.32 Å². The maximum Gasteiger partial charge on any atom is 0.255 e. The normalized spacial score (nSPS) is 14.1. The molecule has 3 rings (SSSR count). The third kappa shape index (κ3) is 2.93. The lowest BCUT2D eigenvalue weighted by molar-refractivity contribution is 0.102. The maximum absolute atomic E-state index is 12.3. The summed E-state index contributed by atoms with van der Waals surface area (Å²) in [6.45, 7) is 2.02. The molecule has 102 valence electrons. The number of halogens is 1. The van der Waals surface area contributed by atoms with Gasteiger partial charge in [-0.1, -0.05) is 39.7 Å². The van der Waals surface area contributed by atoms with Crippen LogP contribution >= 0.6 is 15.9 Å². The van der Waals surface area contributed by atoms with E-state index in [-0.39, 0.29) is 5.91 Å². The van der Waals surface area contributed by atoms with Gasteiger partial charge in [-0.3, -0.25) is 4.79 Å². The van der Waals surface area contributed by atoms with Gasteiger partial charge in [0.1, 0.15) is 0 Å². The minimum atomic E-state index is -0.0509. The van der Waals surface area contributed by atoms with Crippen molar-refractivity contribution < 1.29 is 4.79 Å². The molecule has 0 aromatic heterocycles. The Morgan fingerprint density at radius 3 is 2.50 bits per heavy atom. The van der Waals surface area contributed by atoms with Crippen LogP contribution in [0.5, 0.6) is 0 Å². The number of rotatable bonds is 3. The minimum absolute atomic E-state index is 0.0509. The second kappa shape index (κ2) is 5.41. The van der Waals surface area contributed by atoms with Crippen LogP contribution in [-0.2, 0) is 0 Å². The zero-order valence-electron chi connectivity index (χ0n) is 11.3. The van der Waals surface area contributed by atoms with Gasteiger partial charge in [-0.15, -0.1) is 0 Å². The number of benzene rings is 2. The average Bonchev–Trinajstić information content (AvgIpc) is 3.24. The van der Waals surface area contributed by atoms with Crippen molar-refractivity contribution in [3.63, 3.8) is 0 Å². The summed E-state index contributed by atoms with van der Waals surface area (Å²) in [5.41, 5.74) is 4.01. The molecule has 0 unspecified atom stereocenters. The fraction of sp³-hybridized carbons (Fsp3) is 0.235. The fourth-order valence-electron chi connectivity index (χ4n) is 2.29. The Hall–Kier alpha value is -1.61.